The Balaban J connectivity index is 0. The molecule has 0 rings (SSSR count). The zero-order chi connectivity index (χ0) is 9.40. The van der Waals surface area contributed by atoms with E-state index in [1.54, 1.807) is 0 Å². The number of carbonyl (C=O) groups is 1. The van der Waals surface area contributed by atoms with Crippen molar-refractivity contribution in [3.05, 3.63) is 0 Å². The number of unbranched alkanes of at least 4 members (excludes halogenated alkanes) is 2. The SMILES string of the molecule is Cl.NCCCCCC(O)CC(N)=O. The summed E-state index contributed by atoms with van der Waals surface area (Å²) in [6, 6.07) is 0. The van der Waals surface area contributed by atoms with Gasteiger partial charge in [-0.1, -0.05) is 12.8 Å². The van der Waals surface area contributed by atoms with E-state index in [0.29, 0.717) is 13.0 Å². The van der Waals surface area contributed by atoms with Crippen LogP contribution in [0.15, 0.2) is 0 Å². The molecule has 5 heteroatoms. The fraction of sp³-hybridized carbons (Fsp3) is 0.875. The van der Waals surface area contributed by atoms with Crippen molar-refractivity contribution in [1.29, 1.82) is 0 Å². The Kier molecular flexibility index (Phi) is 11.4. The summed E-state index contributed by atoms with van der Waals surface area (Å²) in [5.41, 5.74) is 10.2. The lowest BCUT2D eigenvalue weighted by atomic mass is 10.1. The smallest absolute Gasteiger partial charge is 0.220 e. The Morgan fingerprint density at radius 3 is 2.38 bits per heavy atom. The first-order chi connectivity index (χ1) is 5.66. The van der Waals surface area contributed by atoms with Crippen LogP contribution < -0.4 is 11.5 Å². The van der Waals surface area contributed by atoms with Crippen LogP contribution in [0.4, 0.5) is 0 Å². The maximum absolute atomic E-state index is 10.3. The van der Waals surface area contributed by atoms with E-state index in [2.05, 4.69) is 0 Å². The van der Waals surface area contributed by atoms with Gasteiger partial charge in [0.05, 0.1) is 12.5 Å². The van der Waals surface area contributed by atoms with Crippen LogP contribution in [0.2, 0.25) is 0 Å². The molecule has 0 aliphatic carbocycles. The highest BCUT2D eigenvalue weighted by Crippen LogP contribution is 2.05. The van der Waals surface area contributed by atoms with Gasteiger partial charge in [0.1, 0.15) is 0 Å². The lowest BCUT2D eigenvalue weighted by Crippen LogP contribution is -2.19. The Morgan fingerprint density at radius 2 is 1.92 bits per heavy atom. The second-order valence-corrected chi connectivity index (χ2v) is 2.96. The third kappa shape index (κ3) is 11.7. The summed E-state index contributed by atoms with van der Waals surface area (Å²) in [5.74, 6) is -0.443. The van der Waals surface area contributed by atoms with E-state index >= 15 is 0 Å². The fourth-order valence-electron chi connectivity index (χ4n) is 1.04. The van der Waals surface area contributed by atoms with Gasteiger partial charge in [-0.2, -0.15) is 0 Å². The number of aliphatic hydroxyl groups excluding tert-OH is 1. The molecule has 0 aromatic carbocycles. The van der Waals surface area contributed by atoms with Gasteiger partial charge in [0, 0.05) is 0 Å². The molecule has 0 heterocycles. The van der Waals surface area contributed by atoms with Crippen molar-refractivity contribution in [3.8, 4) is 0 Å². The van der Waals surface area contributed by atoms with Crippen molar-refractivity contribution < 1.29 is 9.90 Å². The molecule has 0 spiro atoms. The van der Waals surface area contributed by atoms with E-state index < -0.39 is 12.0 Å². The maximum atomic E-state index is 10.3. The topological polar surface area (TPSA) is 89.3 Å². The summed E-state index contributed by atoms with van der Waals surface area (Å²) in [6.45, 7) is 0.686. The van der Waals surface area contributed by atoms with E-state index in [1.165, 1.54) is 0 Å². The molecule has 80 valence electrons. The summed E-state index contributed by atoms with van der Waals surface area (Å²) in [5, 5.41) is 9.19. The largest absolute Gasteiger partial charge is 0.393 e. The first-order valence-electron chi connectivity index (χ1n) is 4.33. The number of rotatable bonds is 7. The molecule has 13 heavy (non-hydrogen) atoms. The minimum absolute atomic E-state index is 0. The van der Waals surface area contributed by atoms with Crippen molar-refractivity contribution in [3.63, 3.8) is 0 Å². The monoisotopic (exact) mass is 210 g/mol. The third-order valence-corrected chi connectivity index (χ3v) is 1.68. The zero-order valence-electron chi connectivity index (χ0n) is 7.74. The highest BCUT2D eigenvalue weighted by molar-refractivity contribution is 5.85. The van der Waals surface area contributed by atoms with Crippen molar-refractivity contribution in [2.75, 3.05) is 6.54 Å². The number of amides is 1. The van der Waals surface area contributed by atoms with Crippen LogP contribution >= 0.6 is 12.4 Å². The Morgan fingerprint density at radius 1 is 1.31 bits per heavy atom. The number of hydrogen-bond donors (Lipinski definition) is 3. The average Bonchev–Trinajstić information content (AvgIpc) is 1.97. The van der Waals surface area contributed by atoms with Crippen molar-refractivity contribution in [2.24, 2.45) is 11.5 Å². The molecule has 5 N–H and O–H groups in total. The minimum Gasteiger partial charge on any atom is -0.393 e. The summed E-state index contributed by atoms with van der Waals surface area (Å²) in [7, 11) is 0. The molecule has 1 unspecified atom stereocenters. The highest BCUT2D eigenvalue weighted by Gasteiger charge is 2.06. The first-order valence-corrected chi connectivity index (χ1v) is 4.33. The zero-order valence-corrected chi connectivity index (χ0v) is 8.55. The Bertz CT molecular complexity index is 133. The molecule has 0 bridgehead atoms. The highest BCUT2D eigenvalue weighted by atomic mass is 35.5. The number of aliphatic hydroxyl groups is 1. The lowest BCUT2D eigenvalue weighted by Gasteiger charge is -2.06. The van der Waals surface area contributed by atoms with Crippen LogP contribution in [-0.4, -0.2) is 23.7 Å². The molecule has 0 fully saturated rings. The van der Waals surface area contributed by atoms with E-state index in [1.807, 2.05) is 0 Å². The molecule has 1 atom stereocenters. The fourth-order valence-corrected chi connectivity index (χ4v) is 1.04. The average molecular weight is 211 g/mol. The lowest BCUT2D eigenvalue weighted by molar-refractivity contribution is -0.119. The molecule has 4 nitrogen and oxygen atoms in total. The van der Waals surface area contributed by atoms with Crippen LogP contribution in [0.1, 0.15) is 32.1 Å². The van der Waals surface area contributed by atoms with Gasteiger partial charge < -0.3 is 16.6 Å². The predicted molar refractivity (Wildman–Crippen MR) is 54.6 cm³/mol. The van der Waals surface area contributed by atoms with Crippen LogP contribution in [0.5, 0.6) is 0 Å². The number of carbonyl (C=O) groups excluding carboxylic acids is 1. The van der Waals surface area contributed by atoms with E-state index in [9.17, 15) is 9.90 Å². The van der Waals surface area contributed by atoms with Gasteiger partial charge >= 0.3 is 0 Å². The van der Waals surface area contributed by atoms with E-state index in [0.717, 1.165) is 19.3 Å². The summed E-state index contributed by atoms with van der Waals surface area (Å²) in [6.07, 6.45) is 3.03. The summed E-state index contributed by atoms with van der Waals surface area (Å²) >= 11 is 0. The van der Waals surface area contributed by atoms with Crippen LogP contribution in [0.3, 0.4) is 0 Å². The number of nitrogens with two attached hydrogens (primary N) is 2. The summed E-state index contributed by atoms with van der Waals surface area (Å²) in [4.78, 5) is 10.3. The molecule has 0 aromatic rings. The molecular weight excluding hydrogens is 192 g/mol. The second kappa shape index (κ2) is 9.77. The van der Waals surface area contributed by atoms with Gasteiger partial charge in [-0.15, -0.1) is 12.4 Å². The van der Waals surface area contributed by atoms with Crippen LogP contribution in [0, 0.1) is 0 Å². The normalized spacial score (nSPS) is 11.8. The van der Waals surface area contributed by atoms with E-state index in [-0.39, 0.29) is 18.8 Å². The van der Waals surface area contributed by atoms with Crippen molar-refractivity contribution in [2.45, 2.75) is 38.2 Å². The number of primary amides is 1. The van der Waals surface area contributed by atoms with Crippen molar-refractivity contribution >= 4 is 18.3 Å². The predicted octanol–water partition coefficient (Wildman–Crippen LogP) is 0.164. The number of halogens is 1. The van der Waals surface area contributed by atoms with Gasteiger partial charge in [-0.05, 0) is 19.4 Å². The van der Waals surface area contributed by atoms with Gasteiger partial charge in [-0.25, -0.2) is 0 Å². The molecule has 0 radical (unpaired) electrons. The quantitative estimate of drug-likeness (QED) is 0.523. The molecule has 0 aliphatic heterocycles. The third-order valence-electron chi connectivity index (χ3n) is 1.68. The molecule has 0 aliphatic rings. The van der Waals surface area contributed by atoms with Crippen LogP contribution in [0.25, 0.3) is 0 Å². The van der Waals surface area contributed by atoms with E-state index in [4.69, 9.17) is 11.5 Å². The van der Waals surface area contributed by atoms with Gasteiger partial charge in [-0.3, -0.25) is 4.79 Å². The summed E-state index contributed by atoms with van der Waals surface area (Å²) < 4.78 is 0. The second-order valence-electron chi connectivity index (χ2n) is 2.96. The number of hydrogen-bond acceptors (Lipinski definition) is 3. The van der Waals surface area contributed by atoms with Gasteiger partial charge in [0.25, 0.3) is 0 Å². The van der Waals surface area contributed by atoms with Gasteiger partial charge in [0.15, 0.2) is 0 Å². The first kappa shape index (κ1) is 15.2. The molecule has 0 aromatic heterocycles. The van der Waals surface area contributed by atoms with Gasteiger partial charge in [0.2, 0.25) is 5.91 Å². The minimum atomic E-state index is -0.569. The molecule has 0 saturated heterocycles. The Hall–Kier alpha value is -0.320. The van der Waals surface area contributed by atoms with Crippen molar-refractivity contribution in [1.82, 2.24) is 0 Å². The maximum Gasteiger partial charge on any atom is 0.220 e. The molecule has 0 saturated carbocycles. The van der Waals surface area contributed by atoms with Crippen LogP contribution in [-0.2, 0) is 4.79 Å². The standard InChI is InChI=1S/C8H18N2O2.ClH/c9-5-3-1-2-4-7(11)6-8(10)12;/h7,11H,1-6,9H2,(H2,10,12);1H. The Labute approximate surface area is 85.1 Å². The molecule has 1 amide bonds. The molecular formula is C8H19ClN2O2.